The summed E-state index contributed by atoms with van der Waals surface area (Å²) in [5.74, 6) is 0.624. The standard InChI is InChI=1S/C13H14N2O2/c1-9-4-5-12-11(8-9)15(7-3-6-14)13(16)10(2)17-12/h4-5,8,10H,3,7H2,1-2H3. The van der Waals surface area contributed by atoms with Gasteiger partial charge in [-0.05, 0) is 31.5 Å². The molecule has 1 aliphatic heterocycles. The van der Waals surface area contributed by atoms with E-state index < -0.39 is 6.10 Å². The van der Waals surface area contributed by atoms with E-state index >= 15 is 0 Å². The Kier molecular flexibility index (Phi) is 3.01. The van der Waals surface area contributed by atoms with Gasteiger partial charge in [0.25, 0.3) is 5.91 Å². The van der Waals surface area contributed by atoms with Crippen molar-refractivity contribution in [3.05, 3.63) is 23.8 Å². The summed E-state index contributed by atoms with van der Waals surface area (Å²) in [6, 6.07) is 7.79. The third-order valence-electron chi connectivity index (χ3n) is 2.77. The first-order valence-corrected chi connectivity index (χ1v) is 5.59. The Balaban J connectivity index is 2.40. The SMILES string of the molecule is Cc1ccc2c(c1)N(CCC#N)C(=O)C(C)O2. The van der Waals surface area contributed by atoms with Gasteiger partial charge in [0.2, 0.25) is 0 Å². The van der Waals surface area contributed by atoms with Gasteiger partial charge in [-0.1, -0.05) is 6.07 Å². The maximum atomic E-state index is 12.0. The van der Waals surface area contributed by atoms with Crippen LogP contribution in [0.1, 0.15) is 18.9 Å². The first-order chi connectivity index (χ1) is 8.13. The molecule has 0 N–H and O–H groups in total. The molecule has 0 aliphatic carbocycles. The van der Waals surface area contributed by atoms with Crippen LogP contribution in [0.2, 0.25) is 0 Å². The van der Waals surface area contributed by atoms with Crippen LogP contribution in [-0.2, 0) is 4.79 Å². The monoisotopic (exact) mass is 230 g/mol. The van der Waals surface area contributed by atoms with E-state index in [1.807, 2.05) is 25.1 Å². The molecule has 1 aromatic carbocycles. The molecule has 1 aromatic rings. The first kappa shape index (κ1) is 11.5. The number of amides is 1. The van der Waals surface area contributed by atoms with Crippen molar-refractivity contribution in [2.45, 2.75) is 26.4 Å². The van der Waals surface area contributed by atoms with E-state index in [2.05, 4.69) is 6.07 Å². The van der Waals surface area contributed by atoms with Gasteiger partial charge in [-0.3, -0.25) is 4.79 Å². The number of benzene rings is 1. The Hall–Kier alpha value is -2.02. The Bertz CT molecular complexity index is 491. The van der Waals surface area contributed by atoms with Crippen molar-refractivity contribution in [3.63, 3.8) is 0 Å². The lowest BCUT2D eigenvalue weighted by Gasteiger charge is -2.32. The molecule has 0 fully saturated rings. The van der Waals surface area contributed by atoms with Crippen molar-refractivity contribution in [1.29, 1.82) is 5.26 Å². The third-order valence-corrected chi connectivity index (χ3v) is 2.77. The minimum Gasteiger partial charge on any atom is -0.479 e. The lowest BCUT2D eigenvalue weighted by molar-refractivity contribution is -0.125. The van der Waals surface area contributed by atoms with E-state index in [1.165, 1.54) is 0 Å². The van der Waals surface area contributed by atoms with Crippen LogP contribution in [0.3, 0.4) is 0 Å². The maximum Gasteiger partial charge on any atom is 0.267 e. The maximum absolute atomic E-state index is 12.0. The fourth-order valence-corrected chi connectivity index (χ4v) is 1.91. The van der Waals surface area contributed by atoms with Crippen molar-refractivity contribution in [3.8, 4) is 11.8 Å². The number of hydrogen-bond donors (Lipinski definition) is 0. The lowest BCUT2D eigenvalue weighted by atomic mass is 10.1. The molecule has 0 aromatic heterocycles. The Morgan fingerprint density at radius 1 is 1.53 bits per heavy atom. The second-order valence-corrected chi connectivity index (χ2v) is 4.13. The van der Waals surface area contributed by atoms with Crippen LogP contribution in [0.5, 0.6) is 5.75 Å². The molecule has 0 bridgehead atoms. The summed E-state index contributed by atoms with van der Waals surface area (Å²) in [5, 5.41) is 8.63. The zero-order valence-corrected chi connectivity index (χ0v) is 9.93. The van der Waals surface area contributed by atoms with Crippen LogP contribution in [0.25, 0.3) is 0 Å². The van der Waals surface area contributed by atoms with E-state index in [4.69, 9.17) is 10.00 Å². The van der Waals surface area contributed by atoms with Crippen molar-refractivity contribution in [2.75, 3.05) is 11.4 Å². The summed E-state index contributed by atoms with van der Waals surface area (Å²) in [6.07, 6.45) is -0.157. The molecule has 4 nitrogen and oxygen atoms in total. The molecule has 1 aliphatic rings. The molecule has 0 saturated carbocycles. The predicted octanol–water partition coefficient (Wildman–Crippen LogP) is 2.02. The van der Waals surface area contributed by atoms with Crippen LogP contribution >= 0.6 is 0 Å². The molecule has 0 saturated heterocycles. The van der Waals surface area contributed by atoms with Crippen LogP contribution in [0.4, 0.5) is 5.69 Å². The van der Waals surface area contributed by atoms with Crippen molar-refractivity contribution < 1.29 is 9.53 Å². The van der Waals surface area contributed by atoms with Gasteiger partial charge in [-0.25, -0.2) is 0 Å². The molecule has 0 spiro atoms. The molecule has 4 heteroatoms. The highest BCUT2D eigenvalue weighted by atomic mass is 16.5. The summed E-state index contributed by atoms with van der Waals surface area (Å²) in [7, 11) is 0. The molecule has 1 amide bonds. The number of aryl methyl sites for hydroxylation is 1. The normalized spacial score (nSPS) is 18.3. The number of nitrogens with zero attached hydrogens (tertiary/aromatic N) is 2. The minimum atomic E-state index is -0.483. The first-order valence-electron chi connectivity index (χ1n) is 5.59. The van der Waals surface area contributed by atoms with Gasteiger partial charge in [0.05, 0.1) is 18.2 Å². The highest BCUT2D eigenvalue weighted by molar-refractivity contribution is 5.99. The summed E-state index contributed by atoms with van der Waals surface area (Å²) in [6.45, 7) is 4.11. The average molecular weight is 230 g/mol. The van der Waals surface area contributed by atoms with Gasteiger partial charge in [0, 0.05) is 6.54 Å². The zero-order valence-electron chi connectivity index (χ0n) is 9.93. The van der Waals surface area contributed by atoms with Gasteiger partial charge in [-0.15, -0.1) is 0 Å². The number of hydrogen-bond acceptors (Lipinski definition) is 3. The number of carbonyl (C=O) groups is 1. The van der Waals surface area contributed by atoms with E-state index in [0.717, 1.165) is 11.3 Å². The van der Waals surface area contributed by atoms with E-state index in [9.17, 15) is 4.79 Å². The fraction of sp³-hybridized carbons (Fsp3) is 0.385. The molecular weight excluding hydrogens is 216 g/mol. The average Bonchev–Trinajstić information content (AvgIpc) is 2.31. The summed E-state index contributed by atoms with van der Waals surface area (Å²) < 4.78 is 5.54. The second-order valence-electron chi connectivity index (χ2n) is 4.13. The van der Waals surface area contributed by atoms with Crippen molar-refractivity contribution >= 4 is 11.6 Å². The second kappa shape index (κ2) is 4.46. The van der Waals surface area contributed by atoms with Crippen LogP contribution in [-0.4, -0.2) is 18.6 Å². The number of nitriles is 1. The Labute approximate surface area is 100 Å². The molecule has 1 atom stereocenters. The smallest absolute Gasteiger partial charge is 0.267 e. The molecule has 1 unspecified atom stereocenters. The molecular formula is C13H14N2O2. The molecule has 88 valence electrons. The highest BCUT2D eigenvalue weighted by Crippen LogP contribution is 2.34. The van der Waals surface area contributed by atoms with Gasteiger partial charge >= 0.3 is 0 Å². The van der Waals surface area contributed by atoms with Gasteiger partial charge < -0.3 is 9.64 Å². The zero-order chi connectivity index (χ0) is 12.4. The van der Waals surface area contributed by atoms with Gasteiger partial charge in [-0.2, -0.15) is 5.26 Å². The number of rotatable bonds is 2. The Morgan fingerprint density at radius 3 is 3.00 bits per heavy atom. The molecule has 17 heavy (non-hydrogen) atoms. The lowest BCUT2D eigenvalue weighted by Crippen LogP contribution is -2.44. The summed E-state index contributed by atoms with van der Waals surface area (Å²) >= 11 is 0. The van der Waals surface area contributed by atoms with Crippen LogP contribution in [0, 0.1) is 18.3 Å². The fourth-order valence-electron chi connectivity index (χ4n) is 1.91. The number of ether oxygens (including phenoxy) is 1. The van der Waals surface area contributed by atoms with Gasteiger partial charge in [0.15, 0.2) is 6.10 Å². The topological polar surface area (TPSA) is 53.3 Å². The number of fused-ring (bicyclic) bond motifs is 1. The summed E-state index contributed by atoms with van der Waals surface area (Å²) in [4.78, 5) is 13.6. The predicted molar refractivity (Wildman–Crippen MR) is 63.9 cm³/mol. The third kappa shape index (κ3) is 2.09. The number of carbonyl (C=O) groups excluding carboxylic acids is 1. The largest absolute Gasteiger partial charge is 0.479 e. The Morgan fingerprint density at radius 2 is 2.29 bits per heavy atom. The van der Waals surface area contributed by atoms with Crippen molar-refractivity contribution in [2.24, 2.45) is 0 Å². The quantitative estimate of drug-likeness (QED) is 0.781. The number of anilines is 1. The molecule has 0 radical (unpaired) electrons. The summed E-state index contributed by atoms with van der Waals surface area (Å²) in [5.41, 5.74) is 1.83. The van der Waals surface area contributed by atoms with Crippen LogP contribution < -0.4 is 9.64 Å². The van der Waals surface area contributed by atoms with Gasteiger partial charge in [0.1, 0.15) is 5.75 Å². The highest BCUT2D eigenvalue weighted by Gasteiger charge is 2.30. The van der Waals surface area contributed by atoms with E-state index in [-0.39, 0.29) is 5.91 Å². The van der Waals surface area contributed by atoms with Crippen LogP contribution in [0.15, 0.2) is 18.2 Å². The van der Waals surface area contributed by atoms with E-state index in [1.54, 1.807) is 11.8 Å². The minimum absolute atomic E-state index is 0.0849. The molecule has 1 heterocycles. The van der Waals surface area contributed by atoms with Crippen molar-refractivity contribution in [1.82, 2.24) is 0 Å². The van der Waals surface area contributed by atoms with E-state index in [0.29, 0.717) is 18.7 Å². The molecule has 2 rings (SSSR count).